The molecule has 0 radical (unpaired) electrons. The Morgan fingerprint density at radius 1 is 1.21 bits per heavy atom. The van der Waals surface area contributed by atoms with E-state index in [4.69, 9.17) is 11.1 Å². The summed E-state index contributed by atoms with van der Waals surface area (Å²) in [5, 5.41) is 7.30. The number of hydrogen-bond donors (Lipinski definition) is 2. The quantitative estimate of drug-likeness (QED) is 0.636. The molecule has 0 amide bonds. The van der Waals surface area contributed by atoms with Crippen LogP contribution < -0.4 is 10.6 Å². The molecule has 1 heterocycles. The summed E-state index contributed by atoms with van der Waals surface area (Å²) in [6.07, 6.45) is 2.62. The minimum Gasteiger partial charge on any atom is -0.388 e. The van der Waals surface area contributed by atoms with Gasteiger partial charge in [0.2, 0.25) is 5.95 Å². The smallest absolute Gasteiger partial charge is 0.230 e. The summed E-state index contributed by atoms with van der Waals surface area (Å²) < 4.78 is 12.9. The summed E-state index contributed by atoms with van der Waals surface area (Å²) >= 11 is 0. The first-order valence-electron chi connectivity index (χ1n) is 5.80. The first kappa shape index (κ1) is 12.9. The maximum absolute atomic E-state index is 12.9. The lowest BCUT2D eigenvalue weighted by atomic mass is 10.2. The predicted molar refractivity (Wildman–Crippen MR) is 72.0 cm³/mol. The Kier molecular flexibility index (Phi) is 4.02. The third-order valence-electron chi connectivity index (χ3n) is 2.52. The van der Waals surface area contributed by atoms with Gasteiger partial charge in [-0.15, -0.1) is 0 Å². The molecule has 0 spiro atoms. The summed E-state index contributed by atoms with van der Waals surface area (Å²) in [5.41, 5.74) is 6.25. The Morgan fingerprint density at radius 2 is 1.84 bits per heavy atom. The van der Waals surface area contributed by atoms with Gasteiger partial charge in [-0.05, 0) is 12.1 Å². The summed E-state index contributed by atoms with van der Waals surface area (Å²) in [5.74, 6) is -0.0137. The molecular formula is C13H14FN5. The summed E-state index contributed by atoms with van der Waals surface area (Å²) in [7, 11) is 0. The summed E-state index contributed by atoms with van der Waals surface area (Å²) in [6.45, 7) is 0.463. The number of anilines is 2. The van der Waals surface area contributed by atoms with Gasteiger partial charge < -0.3 is 10.6 Å². The molecule has 0 aliphatic carbocycles. The molecule has 0 fully saturated rings. The normalized spacial score (nSPS) is 10.2. The average Bonchev–Trinajstić information content (AvgIpc) is 2.42. The van der Waals surface area contributed by atoms with Crippen LogP contribution in [0.25, 0.3) is 0 Å². The Morgan fingerprint density at radius 3 is 2.42 bits per heavy atom. The van der Waals surface area contributed by atoms with E-state index in [-0.39, 0.29) is 5.84 Å². The highest BCUT2D eigenvalue weighted by atomic mass is 19.1. The average molecular weight is 259 g/mol. The van der Waals surface area contributed by atoms with Crippen LogP contribution in [0.4, 0.5) is 16.0 Å². The van der Waals surface area contributed by atoms with E-state index in [0.717, 1.165) is 18.1 Å². The van der Waals surface area contributed by atoms with Gasteiger partial charge in [0.25, 0.3) is 0 Å². The largest absolute Gasteiger partial charge is 0.388 e. The van der Waals surface area contributed by atoms with E-state index >= 15 is 0 Å². The van der Waals surface area contributed by atoms with Crippen LogP contribution in [0, 0.1) is 11.2 Å². The fourth-order valence-corrected chi connectivity index (χ4v) is 1.63. The maximum Gasteiger partial charge on any atom is 0.230 e. The molecule has 0 unspecified atom stereocenters. The predicted octanol–water partition coefficient (Wildman–Crippen LogP) is 2.08. The number of halogens is 1. The molecule has 0 aliphatic heterocycles. The van der Waals surface area contributed by atoms with Crippen LogP contribution in [0.3, 0.4) is 0 Å². The van der Waals surface area contributed by atoms with Crippen molar-refractivity contribution in [3.8, 4) is 0 Å². The van der Waals surface area contributed by atoms with Crippen LogP contribution >= 0.6 is 0 Å². The molecule has 3 N–H and O–H groups in total. The van der Waals surface area contributed by atoms with Crippen LogP contribution in [0.1, 0.15) is 6.42 Å². The molecule has 2 rings (SSSR count). The van der Waals surface area contributed by atoms with Gasteiger partial charge in [0, 0.05) is 18.7 Å². The molecule has 0 saturated heterocycles. The van der Waals surface area contributed by atoms with Crippen molar-refractivity contribution in [2.45, 2.75) is 6.42 Å². The Balaban J connectivity index is 2.28. The van der Waals surface area contributed by atoms with Crippen molar-refractivity contribution in [3.05, 3.63) is 48.5 Å². The first-order chi connectivity index (χ1) is 9.16. The lowest BCUT2D eigenvalue weighted by Gasteiger charge is -2.22. The Bertz CT molecular complexity index is 541. The molecule has 0 atom stereocenters. The molecule has 1 aromatic carbocycles. The van der Waals surface area contributed by atoms with Crippen LogP contribution in [0.15, 0.2) is 42.7 Å². The minimum atomic E-state index is -0.483. The van der Waals surface area contributed by atoms with Gasteiger partial charge in [0.1, 0.15) is 0 Å². The maximum atomic E-state index is 12.9. The van der Waals surface area contributed by atoms with Gasteiger partial charge in [-0.2, -0.15) is 0 Å². The zero-order valence-corrected chi connectivity index (χ0v) is 10.3. The van der Waals surface area contributed by atoms with E-state index in [2.05, 4.69) is 9.97 Å². The van der Waals surface area contributed by atoms with Crippen LogP contribution in [-0.2, 0) is 0 Å². The number of amidine groups is 1. The molecule has 0 aliphatic rings. The second-order valence-corrected chi connectivity index (χ2v) is 3.96. The van der Waals surface area contributed by atoms with Crippen molar-refractivity contribution in [3.63, 3.8) is 0 Å². The minimum absolute atomic E-state index is 0.0862. The van der Waals surface area contributed by atoms with Gasteiger partial charge in [-0.3, -0.25) is 5.41 Å². The number of nitrogens with one attached hydrogen (secondary N) is 1. The van der Waals surface area contributed by atoms with Crippen LogP contribution in [-0.4, -0.2) is 22.3 Å². The zero-order chi connectivity index (χ0) is 13.7. The van der Waals surface area contributed by atoms with E-state index < -0.39 is 5.82 Å². The van der Waals surface area contributed by atoms with Gasteiger partial charge in [-0.25, -0.2) is 14.4 Å². The molecule has 5 nitrogen and oxygen atoms in total. The SMILES string of the molecule is N=C(N)CCN(c1ccccc1)c1ncc(F)cn1. The zero-order valence-electron chi connectivity index (χ0n) is 10.3. The highest BCUT2D eigenvalue weighted by Gasteiger charge is 2.12. The molecule has 1 aromatic heterocycles. The molecule has 0 saturated carbocycles. The topological polar surface area (TPSA) is 78.9 Å². The lowest BCUT2D eigenvalue weighted by molar-refractivity contribution is 0.613. The summed E-state index contributed by atoms with van der Waals surface area (Å²) in [4.78, 5) is 9.72. The molecule has 19 heavy (non-hydrogen) atoms. The van der Waals surface area contributed by atoms with Gasteiger partial charge in [0.15, 0.2) is 5.82 Å². The number of para-hydroxylation sites is 1. The van der Waals surface area contributed by atoms with E-state index in [0.29, 0.717) is 18.9 Å². The third kappa shape index (κ3) is 3.48. The molecular weight excluding hydrogens is 245 g/mol. The van der Waals surface area contributed by atoms with Crippen molar-refractivity contribution in [2.75, 3.05) is 11.4 Å². The number of hydrogen-bond acceptors (Lipinski definition) is 4. The van der Waals surface area contributed by atoms with E-state index in [1.807, 2.05) is 30.3 Å². The second kappa shape index (κ2) is 5.90. The van der Waals surface area contributed by atoms with Crippen LogP contribution in [0.5, 0.6) is 0 Å². The Labute approximate surface area is 110 Å². The molecule has 2 aromatic rings. The van der Waals surface area contributed by atoms with E-state index in [1.54, 1.807) is 4.90 Å². The lowest BCUT2D eigenvalue weighted by Crippen LogP contribution is -2.25. The molecule has 6 heteroatoms. The van der Waals surface area contributed by atoms with Gasteiger partial charge in [-0.1, -0.05) is 18.2 Å². The Hall–Kier alpha value is -2.50. The summed E-state index contributed by atoms with van der Waals surface area (Å²) in [6, 6.07) is 9.47. The molecule has 0 bridgehead atoms. The number of rotatable bonds is 5. The first-order valence-corrected chi connectivity index (χ1v) is 5.80. The second-order valence-electron chi connectivity index (χ2n) is 3.96. The van der Waals surface area contributed by atoms with Crippen molar-refractivity contribution in [2.24, 2.45) is 5.73 Å². The van der Waals surface area contributed by atoms with Gasteiger partial charge >= 0.3 is 0 Å². The fourth-order valence-electron chi connectivity index (χ4n) is 1.63. The van der Waals surface area contributed by atoms with Crippen molar-refractivity contribution < 1.29 is 4.39 Å². The van der Waals surface area contributed by atoms with Gasteiger partial charge in [0.05, 0.1) is 18.2 Å². The number of nitrogens with two attached hydrogens (primary N) is 1. The molecule has 98 valence electrons. The van der Waals surface area contributed by atoms with Crippen LogP contribution in [0.2, 0.25) is 0 Å². The standard InChI is InChI=1S/C13H14FN5/c14-10-8-17-13(18-9-10)19(7-6-12(15)16)11-4-2-1-3-5-11/h1-5,8-9H,6-7H2,(H3,15,16). The highest BCUT2D eigenvalue weighted by Crippen LogP contribution is 2.21. The van der Waals surface area contributed by atoms with E-state index in [1.165, 1.54) is 0 Å². The number of aromatic nitrogens is 2. The number of benzene rings is 1. The fraction of sp³-hybridized carbons (Fsp3) is 0.154. The van der Waals surface area contributed by atoms with E-state index in [9.17, 15) is 4.39 Å². The highest BCUT2D eigenvalue weighted by molar-refractivity contribution is 5.77. The third-order valence-corrected chi connectivity index (χ3v) is 2.52. The van der Waals surface area contributed by atoms with Crippen molar-refractivity contribution in [1.82, 2.24) is 9.97 Å². The number of nitrogens with zero attached hydrogens (tertiary/aromatic N) is 3. The van der Waals surface area contributed by atoms with Crippen molar-refractivity contribution >= 4 is 17.5 Å². The van der Waals surface area contributed by atoms with Crippen molar-refractivity contribution in [1.29, 1.82) is 5.41 Å². The monoisotopic (exact) mass is 259 g/mol.